The van der Waals surface area contributed by atoms with Crippen molar-refractivity contribution in [2.75, 3.05) is 18.5 Å². The van der Waals surface area contributed by atoms with E-state index in [4.69, 9.17) is 9.72 Å². The van der Waals surface area contributed by atoms with E-state index in [1.165, 1.54) is 0 Å². The van der Waals surface area contributed by atoms with Crippen LogP contribution in [0.1, 0.15) is 23.2 Å². The molecule has 0 saturated carbocycles. The number of rotatable bonds is 6. The molecule has 1 saturated heterocycles. The van der Waals surface area contributed by atoms with Gasteiger partial charge in [-0.05, 0) is 31.0 Å². The van der Waals surface area contributed by atoms with Gasteiger partial charge < -0.3 is 15.4 Å². The number of imidazole rings is 1. The molecule has 1 unspecified atom stereocenters. The van der Waals surface area contributed by atoms with Crippen LogP contribution in [0, 0.1) is 0 Å². The summed E-state index contributed by atoms with van der Waals surface area (Å²) in [5.74, 6) is 0.713. The van der Waals surface area contributed by atoms with Crippen LogP contribution in [0.15, 0.2) is 73.2 Å². The fourth-order valence-corrected chi connectivity index (χ4v) is 3.81. The van der Waals surface area contributed by atoms with Gasteiger partial charge in [0.05, 0.1) is 12.3 Å². The van der Waals surface area contributed by atoms with E-state index in [0.717, 1.165) is 47.9 Å². The number of hydrogen-bond acceptors (Lipinski definition) is 5. The zero-order valence-electron chi connectivity index (χ0n) is 17.0. The number of amides is 1. The standard InChI is InChI=1S/C24H23N5O2/c30-24(26-15-20-10-5-13-31-20)18-8-4-9-19(14-18)27-23-22(17-6-2-1-3-7-17)28-21-16-25-11-12-29(21)23/h1-4,6-9,11-12,14,16,20,27H,5,10,13,15H2,(H,26,30). The Bertz CT molecular complexity index is 1200. The molecule has 1 aliphatic heterocycles. The van der Waals surface area contributed by atoms with Gasteiger partial charge in [0.1, 0.15) is 11.5 Å². The summed E-state index contributed by atoms with van der Waals surface area (Å²) >= 11 is 0. The fraction of sp³-hybridized carbons (Fsp3) is 0.208. The second-order valence-electron chi connectivity index (χ2n) is 7.53. The van der Waals surface area contributed by atoms with Gasteiger partial charge in [-0.15, -0.1) is 0 Å². The lowest BCUT2D eigenvalue weighted by Gasteiger charge is -2.12. The van der Waals surface area contributed by atoms with E-state index in [0.29, 0.717) is 12.1 Å². The number of aromatic nitrogens is 3. The minimum atomic E-state index is -0.107. The smallest absolute Gasteiger partial charge is 0.251 e. The van der Waals surface area contributed by atoms with E-state index in [1.807, 2.05) is 65.2 Å². The van der Waals surface area contributed by atoms with Crippen molar-refractivity contribution in [3.8, 4) is 11.3 Å². The van der Waals surface area contributed by atoms with E-state index in [1.54, 1.807) is 12.4 Å². The predicted octanol–water partition coefficient (Wildman–Crippen LogP) is 4.05. The van der Waals surface area contributed by atoms with Crippen molar-refractivity contribution >= 4 is 23.1 Å². The number of fused-ring (bicyclic) bond motifs is 1. The Morgan fingerprint density at radius 2 is 2.06 bits per heavy atom. The number of carbonyl (C=O) groups excluding carboxylic acids is 1. The van der Waals surface area contributed by atoms with Gasteiger partial charge in [0.15, 0.2) is 5.65 Å². The number of hydrogen-bond donors (Lipinski definition) is 2. The normalized spacial score (nSPS) is 15.8. The predicted molar refractivity (Wildman–Crippen MR) is 119 cm³/mol. The van der Waals surface area contributed by atoms with Crippen LogP contribution in [0.5, 0.6) is 0 Å². The summed E-state index contributed by atoms with van der Waals surface area (Å²) < 4.78 is 7.55. The summed E-state index contributed by atoms with van der Waals surface area (Å²) in [6, 6.07) is 17.5. The van der Waals surface area contributed by atoms with Gasteiger partial charge in [0, 0.05) is 42.4 Å². The van der Waals surface area contributed by atoms with Crippen LogP contribution < -0.4 is 10.6 Å². The van der Waals surface area contributed by atoms with E-state index in [-0.39, 0.29) is 12.0 Å². The van der Waals surface area contributed by atoms with Crippen molar-refractivity contribution in [3.63, 3.8) is 0 Å². The zero-order valence-corrected chi connectivity index (χ0v) is 17.0. The number of carbonyl (C=O) groups is 1. The highest BCUT2D eigenvalue weighted by Crippen LogP contribution is 2.31. The van der Waals surface area contributed by atoms with Crippen molar-refractivity contribution in [1.29, 1.82) is 0 Å². The highest BCUT2D eigenvalue weighted by molar-refractivity contribution is 5.95. The van der Waals surface area contributed by atoms with Crippen molar-refractivity contribution in [2.45, 2.75) is 18.9 Å². The molecule has 0 spiro atoms. The Morgan fingerprint density at radius 3 is 2.90 bits per heavy atom. The number of anilines is 2. The molecule has 7 heteroatoms. The Kier molecular flexibility index (Phi) is 5.33. The number of nitrogens with zero attached hydrogens (tertiary/aromatic N) is 3. The van der Waals surface area contributed by atoms with Gasteiger partial charge in [0.25, 0.3) is 5.91 Å². The third-order valence-electron chi connectivity index (χ3n) is 5.38. The third kappa shape index (κ3) is 4.13. The van der Waals surface area contributed by atoms with E-state index in [2.05, 4.69) is 15.6 Å². The molecule has 0 aliphatic carbocycles. The Morgan fingerprint density at radius 1 is 1.16 bits per heavy atom. The lowest BCUT2D eigenvalue weighted by Crippen LogP contribution is -2.31. The zero-order chi connectivity index (χ0) is 21.0. The molecule has 31 heavy (non-hydrogen) atoms. The molecule has 2 aromatic heterocycles. The maximum absolute atomic E-state index is 12.6. The molecule has 0 bridgehead atoms. The quantitative estimate of drug-likeness (QED) is 0.499. The first-order valence-corrected chi connectivity index (χ1v) is 10.4. The molecule has 2 N–H and O–H groups in total. The molecule has 156 valence electrons. The van der Waals surface area contributed by atoms with Gasteiger partial charge in [-0.2, -0.15) is 0 Å². The van der Waals surface area contributed by atoms with Crippen LogP contribution in [0.3, 0.4) is 0 Å². The van der Waals surface area contributed by atoms with E-state index >= 15 is 0 Å². The first-order valence-electron chi connectivity index (χ1n) is 10.4. The molecular weight excluding hydrogens is 390 g/mol. The monoisotopic (exact) mass is 413 g/mol. The summed E-state index contributed by atoms with van der Waals surface area (Å²) in [7, 11) is 0. The molecule has 3 heterocycles. The molecule has 1 amide bonds. The van der Waals surface area contributed by atoms with E-state index < -0.39 is 0 Å². The fourth-order valence-electron chi connectivity index (χ4n) is 3.81. The number of nitrogens with one attached hydrogen (secondary N) is 2. The summed E-state index contributed by atoms with van der Waals surface area (Å²) in [6.07, 6.45) is 7.49. The van der Waals surface area contributed by atoms with Crippen LogP contribution in [0.4, 0.5) is 11.5 Å². The minimum absolute atomic E-state index is 0.107. The molecule has 4 aromatic rings. The molecule has 5 rings (SSSR count). The van der Waals surface area contributed by atoms with Gasteiger partial charge in [-0.3, -0.25) is 14.2 Å². The largest absolute Gasteiger partial charge is 0.376 e. The van der Waals surface area contributed by atoms with Crippen molar-refractivity contribution in [3.05, 3.63) is 78.8 Å². The van der Waals surface area contributed by atoms with Gasteiger partial charge in [-0.25, -0.2) is 4.98 Å². The minimum Gasteiger partial charge on any atom is -0.376 e. The number of ether oxygens (including phenoxy) is 1. The van der Waals surface area contributed by atoms with Gasteiger partial charge in [0.2, 0.25) is 0 Å². The first kappa shape index (κ1) is 19.3. The molecule has 2 aromatic carbocycles. The van der Waals surface area contributed by atoms with Crippen molar-refractivity contribution in [2.24, 2.45) is 0 Å². The Labute approximate surface area is 180 Å². The highest BCUT2D eigenvalue weighted by atomic mass is 16.5. The maximum atomic E-state index is 12.6. The van der Waals surface area contributed by atoms with Crippen LogP contribution >= 0.6 is 0 Å². The summed E-state index contributed by atoms with van der Waals surface area (Å²) in [6.45, 7) is 1.31. The second kappa shape index (κ2) is 8.57. The van der Waals surface area contributed by atoms with Crippen molar-refractivity contribution < 1.29 is 9.53 Å². The second-order valence-corrected chi connectivity index (χ2v) is 7.53. The van der Waals surface area contributed by atoms with Crippen LogP contribution in [-0.4, -0.2) is 39.5 Å². The van der Waals surface area contributed by atoms with Crippen LogP contribution in [-0.2, 0) is 4.74 Å². The topological polar surface area (TPSA) is 80.5 Å². The van der Waals surface area contributed by atoms with Gasteiger partial charge >= 0.3 is 0 Å². The van der Waals surface area contributed by atoms with Gasteiger partial charge in [-0.1, -0.05) is 36.4 Å². The average Bonchev–Trinajstić information content (AvgIpc) is 3.47. The van der Waals surface area contributed by atoms with Crippen molar-refractivity contribution in [1.82, 2.24) is 19.7 Å². The van der Waals surface area contributed by atoms with Crippen LogP contribution in [0.25, 0.3) is 16.9 Å². The average molecular weight is 413 g/mol. The Balaban J connectivity index is 1.42. The number of benzene rings is 2. The Hall–Kier alpha value is -3.71. The summed E-state index contributed by atoms with van der Waals surface area (Å²) in [5.41, 5.74) is 3.97. The summed E-state index contributed by atoms with van der Waals surface area (Å²) in [5, 5.41) is 6.43. The molecule has 7 nitrogen and oxygen atoms in total. The van der Waals surface area contributed by atoms with E-state index in [9.17, 15) is 4.79 Å². The molecular formula is C24H23N5O2. The highest BCUT2D eigenvalue weighted by Gasteiger charge is 2.18. The summed E-state index contributed by atoms with van der Waals surface area (Å²) in [4.78, 5) is 21.6. The maximum Gasteiger partial charge on any atom is 0.251 e. The SMILES string of the molecule is O=C(NCC1CCCO1)c1cccc(Nc2c(-c3ccccc3)nc3cnccn23)c1. The molecule has 1 aliphatic rings. The molecule has 1 atom stereocenters. The first-order chi connectivity index (χ1) is 15.3. The molecule has 0 radical (unpaired) electrons. The molecule has 1 fully saturated rings. The lowest BCUT2D eigenvalue weighted by molar-refractivity contribution is 0.0858. The van der Waals surface area contributed by atoms with Crippen LogP contribution in [0.2, 0.25) is 0 Å². The lowest BCUT2D eigenvalue weighted by atomic mass is 10.1. The third-order valence-corrected chi connectivity index (χ3v) is 5.38.